The fourth-order valence-electron chi connectivity index (χ4n) is 0.260. The Morgan fingerprint density at radius 2 is 1.89 bits per heavy atom. The molecule has 0 spiro atoms. The van der Waals surface area contributed by atoms with Crippen LogP contribution in [0.4, 0.5) is 0 Å². The molecule has 0 aliphatic rings. The van der Waals surface area contributed by atoms with Crippen LogP contribution >= 0.6 is 0 Å². The largest absolute Gasteiger partial charge is 0.392 e. The molecule has 0 aromatic heterocycles. The smallest absolute Gasteiger partial charge is 0.218 e. The Hall–Kier alpha value is -0.940. The molecule has 0 bridgehead atoms. The van der Waals surface area contributed by atoms with E-state index in [2.05, 4.69) is 0 Å². The molecule has 52 valence electrons. The third-order valence-corrected chi connectivity index (χ3v) is 0.751. The summed E-state index contributed by atoms with van der Waals surface area (Å²) in [6, 6.07) is 0. The number of rotatable bonds is 4. The van der Waals surface area contributed by atoms with Crippen LogP contribution in [-0.2, 0) is 9.59 Å². The first kappa shape index (κ1) is 8.06. The Kier molecular flexibility index (Phi) is 3.57. The molecule has 0 aliphatic carbocycles. The summed E-state index contributed by atoms with van der Waals surface area (Å²) in [7, 11) is 0. The Balaban J connectivity index is 3.77. The second-order valence-corrected chi connectivity index (χ2v) is 1.32. The summed E-state index contributed by atoms with van der Waals surface area (Å²) >= 11 is 0. The van der Waals surface area contributed by atoms with Crippen LogP contribution in [0.15, 0.2) is 0 Å². The zero-order valence-corrected chi connectivity index (χ0v) is 4.60. The highest BCUT2D eigenvalue weighted by molar-refractivity contribution is 5.68. The van der Waals surface area contributed by atoms with E-state index in [9.17, 15) is 9.59 Å². The van der Waals surface area contributed by atoms with Crippen LogP contribution in [-0.4, -0.2) is 40.8 Å². The number of aliphatic hydroxyl groups excluding tert-OH is 2. The van der Waals surface area contributed by atoms with Crippen molar-refractivity contribution >= 4 is 12.8 Å². The summed E-state index contributed by atoms with van der Waals surface area (Å²) in [5, 5.41) is 16.7. The molecule has 0 aromatic carbocycles. The number of amides is 2. The van der Waals surface area contributed by atoms with Gasteiger partial charge < -0.3 is 10.2 Å². The molecule has 0 fully saturated rings. The standard InChI is InChI=1S/C4H7NO4/c6-1-4(9)5(2-7)3-8/h2-4,6,9H,1H2. The van der Waals surface area contributed by atoms with Gasteiger partial charge in [0.15, 0.2) is 6.23 Å². The Labute approximate surface area is 51.5 Å². The van der Waals surface area contributed by atoms with Crippen molar-refractivity contribution in [3.63, 3.8) is 0 Å². The highest BCUT2D eigenvalue weighted by atomic mass is 16.3. The van der Waals surface area contributed by atoms with Gasteiger partial charge in [-0.15, -0.1) is 0 Å². The maximum atomic E-state index is 9.76. The van der Waals surface area contributed by atoms with Gasteiger partial charge in [-0.2, -0.15) is 0 Å². The topological polar surface area (TPSA) is 77.8 Å². The molecule has 2 amide bonds. The number of hydrogen-bond acceptors (Lipinski definition) is 4. The van der Waals surface area contributed by atoms with Crippen molar-refractivity contribution in [2.45, 2.75) is 6.23 Å². The average Bonchev–Trinajstić information content (AvgIpc) is 1.90. The molecule has 0 rings (SSSR count). The zero-order valence-electron chi connectivity index (χ0n) is 4.60. The van der Waals surface area contributed by atoms with Gasteiger partial charge in [0.05, 0.1) is 6.61 Å². The molecule has 2 N–H and O–H groups in total. The van der Waals surface area contributed by atoms with Crippen LogP contribution in [0, 0.1) is 0 Å². The normalized spacial score (nSPS) is 12.2. The summed E-state index contributed by atoms with van der Waals surface area (Å²) in [5.74, 6) is 0. The predicted octanol–water partition coefficient (Wildman–Crippen LogP) is -2.09. The fourth-order valence-corrected chi connectivity index (χ4v) is 0.260. The Bertz CT molecular complexity index is 96.7. The van der Waals surface area contributed by atoms with E-state index >= 15 is 0 Å². The molecule has 5 nitrogen and oxygen atoms in total. The summed E-state index contributed by atoms with van der Waals surface area (Å²) in [4.78, 5) is 19.9. The van der Waals surface area contributed by atoms with E-state index in [1.54, 1.807) is 0 Å². The lowest BCUT2D eigenvalue weighted by Crippen LogP contribution is -2.35. The zero-order chi connectivity index (χ0) is 7.28. The Morgan fingerprint density at radius 1 is 1.44 bits per heavy atom. The SMILES string of the molecule is O=CN(C=O)C(O)CO. The van der Waals surface area contributed by atoms with Gasteiger partial charge in [-0.05, 0) is 0 Å². The van der Waals surface area contributed by atoms with Crippen LogP contribution in [0.2, 0.25) is 0 Å². The van der Waals surface area contributed by atoms with Gasteiger partial charge in [0.1, 0.15) is 0 Å². The second-order valence-electron chi connectivity index (χ2n) is 1.32. The minimum Gasteiger partial charge on any atom is -0.392 e. The molecule has 0 saturated carbocycles. The monoisotopic (exact) mass is 133 g/mol. The number of carbonyl (C=O) groups excluding carboxylic acids is 2. The maximum absolute atomic E-state index is 9.76. The van der Waals surface area contributed by atoms with Gasteiger partial charge in [-0.1, -0.05) is 0 Å². The van der Waals surface area contributed by atoms with E-state index in [0.29, 0.717) is 4.90 Å². The summed E-state index contributed by atoms with van der Waals surface area (Å²) in [6.45, 7) is -0.641. The van der Waals surface area contributed by atoms with Gasteiger partial charge in [-0.3, -0.25) is 14.5 Å². The van der Waals surface area contributed by atoms with Crippen LogP contribution in [0.3, 0.4) is 0 Å². The van der Waals surface area contributed by atoms with Crippen molar-refractivity contribution in [2.24, 2.45) is 0 Å². The van der Waals surface area contributed by atoms with E-state index in [1.165, 1.54) is 0 Å². The minimum atomic E-state index is -1.42. The highest BCUT2D eigenvalue weighted by Gasteiger charge is 2.09. The van der Waals surface area contributed by atoms with Crippen LogP contribution in [0.1, 0.15) is 0 Å². The van der Waals surface area contributed by atoms with E-state index < -0.39 is 12.8 Å². The molecule has 1 unspecified atom stereocenters. The van der Waals surface area contributed by atoms with Gasteiger partial charge >= 0.3 is 0 Å². The number of hydrogen-bond donors (Lipinski definition) is 2. The first-order valence-corrected chi connectivity index (χ1v) is 2.23. The van der Waals surface area contributed by atoms with Crippen LogP contribution in [0.25, 0.3) is 0 Å². The highest BCUT2D eigenvalue weighted by Crippen LogP contribution is 1.84. The number of aliphatic hydroxyl groups is 2. The number of nitrogens with zero attached hydrogens (tertiary/aromatic N) is 1. The molecule has 1 atom stereocenters. The molecule has 9 heavy (non-hydrogen) atoms. The molecule has 0 heterocycles. The molecule has 0 aliphatic heterocycles. The predicted molar refractivity (Wildman–Crippen MR) is 27.1 cm³/mol. The second kappa shape index (κ2) is 3.99. The summed E-state index contributed by atoms with van der Waals surface area (Å²) < 4.78 is 0. The van der Waals surface area contributed by atoms with Gasteiger partial charge in [0.2, 0.25) is 12.8 Å². The number of imide groups is 1. The lowest BCUT2D eigenvalue weighted by molar-refractivity contribution is -0.142. The van der Waals surface area contributed by atoms with Crippen molar-refractivity contribution in [3.8, 4) is 0 Å². The first-order chi connectivity index (χ1) is 4.26. The fraction of sp³-hybridized carbons (Fsp3) is 0.500. The van der Waals surface area contributed by atoms with Gasteiger partial charge in [-0.25, -0.2) is 0 Å². The lowest BCUT2D eigenvalue weighted by Gasteiger charge is -2.13. The van der Waals surface area contributed by atoms with Gasteiger partial charge in [0, 0.05) is 0 Å². The van der Waals surface area contributed by atoms with Crippen molar-refractivity contribution in [1.82, 2.24) is 4.90 Å². The Morgan fingerprint density at radius 3 is 2.00 bits per heavy atom. The molecular weight excluding hydrogens is 126 g/mol. The van der Waals surface area contributed by atoms with E-state index in [4.69, 9.17) is 10.2 Å². The van der Waals surface area contributed by atoms with E-state index in [1.807, 2.05) is 0 Å². The van der Waals surface area contributed by atoms with Gasteiger partial charge in [0.25, 0.3) is 0 Å². The maximum Gasteiger partial charge on any atom is 0.218 e. The van der Waals surface area contributed by atoms with E-state index in [-0.39, 0.29) is 12.8 Å². The summed E-state index contributed by atoms with van der Waals surface area (Å²) in [5.41, 5.74) is 0. The van der Waals surface area contributed by atoms with Crippen LogP contribution < -0.4 is 0 Å². The molecular formula is C4H7NO4. The molecule has 5 heteroatoms. The van der Waals surface area contributed by atoms with E-state index in [0.717, 1.165) is 0 Å². The van der Waals surface area contributed by atoms with Crippen molar-refractivity contribution in [3.05, 3.63) is 0 Å². The van der Waals surface area contributed by atoms with Crippen molar-refractivity contribution in [1.29, 1.82) is 0 Å². The third-order valence-electron chi connectivity index (χ3n) is 0.751. The average molecular weight is 133 g/mol. The van der Waals surface area contributed by atoms with Crippen molar-refractivity contribution < 1.29 is 19.8 Å². The molecule has 0 aromatic rings. The number of carbonyl (C=O) groups is 2. The van der Waals surface area contributed by atoms with Crippen LogP contribution in [0.5, 0.6) is 0 Å². The van der Waals surface area contributed by atoms with Crippen molar-refractivity contribution in [2.75, 3.05) is 6.61 Å². The first-order valence-electron chi connectivity index (χ1n) is 2.23. The molecule has 0 radical (unpaired) electrons. The lowest BCUT2D eigenvalue weighted by atomic mass is 10.5. The minimum absolute atomic E-state index is 0.133. The molecule has 0 saturated heterocycles. The third kappa shape index (κ3) is 2.20. The quantitative estimate of drug-likeness (QED) is 0.340. The summed E-state index contributed by atoms with van der Waals surface area (Å²) in [6.07, 6.45) is -1.15.